The number of aryl methyl sites for hydroxylation is 1. The molecular formula is C14H18N4O2. The Balaban J connectivity index is 1.84. The molecule has 0 saturated heterocycles. The molecule has 0 spiro atoms. The van der Waals surface area contributed by atoms with Crippen LogP contribution in [0.5, 0.6) is 5.75 Å². The molecule has 0 aliphatic heterocycles. The molecule has 0 bridgehead atoms. The first-order valence-electron chi connectivity index (χ1n) is 6.49. The Kier molecular flexibility index (Phi) is 4.70. The molecule has 0 radical (unpaired) electrons. The summed E-state index contributed by atoms with van der Waals surface area (Å²) in [6.45, 7) is 2.48. The Morgan fingerprint density at radius 3 is 3.00 bits per heavy atom. The first-order valence-corrected chi connectivity index (χ1v) is 6.49. The number of nitrogens with one attached hydrogen (secondary N) is 1. The fourth-order valence-electron chi connectivity index (χ4n) is 1.73. The van der Waals surface area contributed by atoms with Crippen LogP contribution in [0.1, 0.15) is 18.3 Å². The molecule has 0 aliphatic carbocycles. The third kappa shape index (κ3) is 3.81. The van der Waals surface area contributed by atoms with Crippen LogP contribution in [-0.2, 0) is 17.8 Å². The summed E-state index contributed by atoms with van der Waals surface area (Å²) in [5, 5.41) is 6.46. The van der Waals surface area contributed by atoms with Crippen LogP contribution >= 0.6 is 0 Å². The third-order valence-electron chi connectivity index (χ3n) is 2.95. The maximum absolute atomic E-state index is 11.9. The number of aromatic nitrogens is 3. The van der Waals surface area contributed by atoms with Crippen LogP contribution in [0.25, 0.3) is 0 Å². The summed E-state index contributed by atoms with van der Waals surface area (Å²) >= 11 is 0. The van der Waals surface area contributed by atoms with Gasteiger partial charge < -0.3 is 9.64 Å². The van der Waals surface area contributed by atoms with Gasteiger partial charge in [-0.3, -0.25) is 9.89 Å². The van der Waals surface area contributed by atoms with Gasteiger partial charge in [-0.2, -0.15) is 5.10 Å². The van der Waals surface area contributed by atoms with E-state index < -0.39 is 0 Å². The molecule has 2 rings (SSSR count). The number of carbonyl (C=O) groups is 1. The predicted octanol–water partition coefficient (Wildman–Crippen LogP) is 1.40. The highest BCUT2D eigenvalue weighted by atomic mass is 16.5. The summed E-state index contributed by atoms with van der Waals surface area (Å²) in [6.07, 6.45) is 2.36. The lowest BCUT2D eigenvalue weighted by molar-refractivity contribution is -0.132. The van der Waals surface area contributed by atoms with Crippen LogP contribution < -0.4 is 4.74 Å². The van der Waals surface area contributed by atoms with Gasteiger partial charge in [0, 0.05) is 7.05 Å². The van der Waals surface area contributed by atoms with Crippen LogP contribution in [0.4, 0.5) is 0 Å². The Bertz CT molecular complexity index is 554. The van der Waals surface area contributed by atoms with Gasteiger partial charge >= 0.3 is 0 Å². The van der Waals surface area contributed by atoms with Gasteiger partial charge in [0.05, 0.1) is 6.54 Å². The molecular weight excluding hydrogens is 256 g/mol. The number of hydrogen-bond donors (Lipinski definition) is 1. The first kappa shape index (κ1) is 14.0. The molecule has 6 nitrogen and oxygen atoms in total. The lowest BCUT2D eigenvalue weighted by Gasteiger charge is -2.16. The van der Waals surface area contributed by atoms with Crippen molar-refractivity contribution in [1.29, 1.82) is 0 Å². The van der Waals surface area contributed by atoms with Crippen molar-refractivity contribution in [3.8, 4) is 5.75 Å². The van der Waals surface area contributed by atoms with Crippen molar-refractivity contribution < 1.29 is 9.53 Å². The molecule has 1 aromatic heterocycles. The highest BCUT2D eigenvalue weighted by Crippen LogP contribution is 2.13. The highest BCUT2D eigenvalue weighted by Gasteiger charge is 2.11. The number of benzene rings is 1. The molecule has 0 unspecified atom stereocenters. The number of rotatable bonds is 6. The van der Waals surface area contributed by atoms with E-state index in [0.717, 1.165) is 6.42 Å². The van der Waals surface area contributed by atoms with Crippen LogP contribution in [0.3, 0.4) is 0 Å². The van der Waals surface area contributed by atoms with Crippen molar-refractivity contribution in [2.24, 2.45) is 0 Å². The van der Waals surface area contributed by atoms with E-state index in [1.54, 1.807) is 11.9 Å². The first-order chi connectivity index (χ1) is 9.69. The molecule has 106 valence electrons. The van der Waals surface area contributed by atoms with Gasteiger partial charge in [0.25, 0.3) is 5.91 Å². The lowest BCUT2D eigenvalue weighted by atomic mass is 10.2. The number of nitrogens with zero attached hydrogens (tertiary/aromatic N) is 3. The number of carbonyl (C=O) groups excluding carboxylic acids is 1. The Morgan fingerprint density at radius 2 is 2.30 bits per heavy atom. The fraction of sp³-hybridized carbons (Fsp3) is 0.357. The summed E-state index contributed by atoms with van der Waals surface area (Å²) < 4.78 is 5.51. The van der Waals surface area contributed by atoms with Gasteiger partial charge in [-0.1, -0.05) is 19.1 Å². The average molecular weight is 274 g/mol. The molecule has 20 heavy (non-hydrogen) atoms. The maximum atomic E-state index is 11.9. The van der Waals surface area contributed by atoms with Gasteiger partial charge in [-0.25, -0.2) is 4.98 Å². The summed E-state index contributed by atoms with van der Waals surface area (Å²) in [4.78, 5) is 17.5. The molecule has 0 atom stereocenters. The van der Waals surface area contributed by atoms with Crippen molar-refractivity contribution in [1.82, 2.24) is 20.1 Å². The second kappa shape index (κ2) is 6.70. The molecule has 1 aromatic carbocycles. The number of ether oxygens (including phenoxy) is 1. The van der Waals surface area contributed by atoms with E-state index in [9.17, 15) is 4.79 Å². The zero-order valence-electron chi connectivity index (χ0n) is 11.7. The number of amides is 1. The number of H-pyrrole nitrogens is 1. The molecule has 0 fully saturated rings. The quantitative estimate of drug-likeness (QED) is 0.864. The Labute approximate surface area is 117 Å². The van der Waals surface area contributed by atoms with Crippen molar-refractivity contribution in [3.63, 3.8) is 0 Å². The van der Waals surface area contributed by atoms with E-state index in [4.69, 9.17) is 4.74 Å². The summed E-state index contributed by atoms with van der Waals surface area (Å²) in [6, 6.07) is 7.76. The summed E-state index contributed by atoms with van der Waals surface area (Å²) in [7, 11) is 1.71. The maximum Gasteiger partial charge on any atom is 0.260 e. The standard InChI is InChI=1S/C14H18N4O2/c1-3-11-5-4-6-12(7-11)20-9-14(19)18(2)8-13-15-10-16-17-13/h4-7,10H,3,8-9H2,1-2H3,(H,15,16,17). The highest BCUT2D eigenvalue weighted by molar-refractivity contribution is 5.77. The van der Waals surface area contributed by atoms with Gasteiger partial charge in [-0.15, -0.1) is 0 Å². The van der Waals surface area contributed by atoms with Gasteiger partial charge in [-0.05, 0) is 24.1 Å². The summed E-state index contributed by atoms with van der Waals surface area (Å²) in [5.74, 6) is 1.25. The topological polar surface area (TPSA) is 71.1 Å². The third-order valence-corrected chi connectivity index (χ3v) is 2.95. The minimum Gasteiger partial charge on any atom is -0.484 e. The van der Waals surface area contributed by atoms with Crippen LogP contribution in [0, 0.1) is 0 Å². The van der Waals surface area contributed by atoms with Crippen molar-refractivity contribution in [2.45, 2.75) is 19.9 Å². The minimum absolute atomic E-state index is 0.0117. The predicted molar refractivity (Wildman–Crippen MR) is 74.2 cm³/mol. The van der Waals surface area contributed by atoms with E-state index >= 15 is 0 Å². The number of hydrogen-bond acceptors (Lipinski definition) is 4. The molecule has 6 heteroatoms. The minimum atomic E-state index is -0.108. The monoisotopic (exact) mass is 274 g/mol. The van der Waals surface area contributed by atoms with Crippen molar-refractivity contribution >= 4 is 5.91 Å². The van der Waals surface area contributed by atoms with Crippen LogP contribution in [0.2, 0.25) is 0 Å². The number of likely N-dealkylation sites (N-methyl/N-ethyl adjacent to an activating group) is 1. The van der Waals surface area contributed by atoms with Crippen molar-refractivity contribution in [3.05, 3.63) is 42.0 Å². The van der Waals surface area contributed by atoms with Crippen LogP contribution in [0.15, 0.2) is 30.6 Å². The largest absolute Gasteiger partial charge is 0.484 e. The van der Waals surface area contributed by atoms with E-state index in [1.807, 2.05) is 24.3 Å². The average Bonchev–Trinajstić information content (AvgIpc) is 2.97. The SMILES string of the molecule is CCc1cccc(OCC(=O)N(C)Cc2ncn[nH]2)c1. The second-order valence-electron chi connectivity index (χ2n) is 4.47. The van der Waals surface area contributed by atoms with Gasteiger partial charge in [0.1, 0.15) is 17.9 Å². The number of aromatic amines is 1. The van der Waals surface area contributed by atoms with Gasteiger partial charge in [0.15, 0.2) is 6.61 Å². The summed E-state index contributed by atoms with van der Waals surface area (Å²) in [5.41, 5.74) is 1.19. The Hall–Kier alpha value is -2.37. The van der Waals surface area contributed by atoms with E-state index in [0.29, 0.717) is 18.1 Å². The molecule has 0 aliphatic rings. The molecule has 1 amide bonds. The molecule has 0 saturated carbocycles. The zero-order chi connectivity index (χ0) is 14.4. The molecule has 1 heterocycles. The Morgan fingerprint density at radius 1 is 1.45 bits per heavy atom. The van der Waals surface area contributed by atoms with E-state index in [1.165, 1.54) is 11.9 Å². The zero-order valence-corrected chi connectivity index (χ0v) is 11.7. The fourth-order valence-corrected chi connectivity index (χ4v) is 1.73. The lowest BCUT2D eigenvalue weighted by Crippen LogP contribution is -2.31. The van der Waals surface area contributed by atoms with Gasteiger partial charge in [0.2, 0.25) is 0 Å². The second-order valence-corrected chi connectivity index (χ2v) is 4.47. The molecule has 2 aromatic rings. The van der Waals surface area contributed by atoms with E-state index in [2.05, 4.69) is 22.1 Å². The van der Waals surface area contributed by atoms with Crippen LogP contribution in [-0.4, -0.2) is 39.6 Å². The molecule has 1 N–H and O–H groups in total. The van der Waals surface area contributed by atoms with Crippen molar-refractivity contribution in [2.75, 3.05) is 13.7 Å². The normalized spacial score (nSPS) is 10.3. The smallest absolute Gasteiger partial charge is 0.260 e. The van der Waals surface area contributed by atoms with E-state index in [-0.39, 0.29) is 12.5 Å².